The molecule has 10 aromatic carbocycles. The lowest BCUT2D eigenvalue weighted by Gasteiger charge is -2.35. The van der Waals surface area contributed by atoms with E-state index in [1.807, 2.05) is 6.07 Å². The Morgan fingerprint density at radius 2 is 0.903 bits per heavy atom. The molecule has 0 saturated carbocycles. The SMILES string of the molecule is c1ccc(-n2ccc3c4c5cc(-c6ccc(N(c7ccc(-c8ncccn8)cc7)c7ccc8c(c7)C(c7ccccc7)(c7ccccc7)c7ccccc7-8)cc6)ccc5n(-c5ccccc5)c4ccc32)cc1. The molecule has 0 unspecified atom stereocenters. The first-order valence-electron chi connectivity index (χ1n) is 24.5. The molecule has 1 aliphatic carbocycles. The number of anilines is 3. The highest BCUT2D eigenvalue weighted by atomic mass is 15.1. The number of para-hydroxylation sites is 2. The highest BCUT2D eigenvalue weighted by Crippen LogP contribution is 2.57. The molecule has 1 aliphatic rings. The highest BCUT2D eigenvalue weighted by Gasteiger charge is 2.46. The van der Waals surface area contributed by atoms with Gasteiger partial charge in [-0.15, -0.1) is 0 Å². The second-order valence-electron chi connectivity index (χ2n) is 18.6. The van der Waals surface area contributed by atoms with E-state index < -0.39 is 5.41 Å². The predicted molar refractivity (Wildman–Crippen MR) is 296 cm³/mol. The number of benzene rings is 10. The molecule has 14 rings (SSSR count). The molecule has 0 N–H and O–H groups in total. The molecule has 0 saturated heterocycles. The fourth-order valence-electron chi connectivity index (χ4n) is 11.6. The molecule has 0 radical (unpaired) electrons. The fourth-order valence-corrected chi connectivity index (χ4v) is 11.6. The number of hydrogen-bond donors (Lipinski definition) is 0. The van der Waals surface area contributed by atoms with E-state index in [-0.39, 0.29) is 0 Å². The first-order chi connectivity index (χ1) is 35.7. The van der Waals surface area contributed by atoms with Crippen LogP contribution in [0.1, 0.15) is 22.3 Å². The Hall–Kier alpha value is -9.58. The number of fused-ring (bicyclic) bond motifs is 8. The van der Waals surface area contributed by atoms with E-state index in [0.717, 1.165) is 45.1 Å². The summed E-state index contributed by atoms with van der Waals surface area (Å²) < 4.78 is 4.70. The van der Waals surface area contributed by atoms with Gasteiger partial charge in [0.2, 0.25) is 0 Å². The maximum atomic E-state index is 4.56. The fraction of sp³-hybridized carbons (Fsp3) is 0.0149. The molecule has 13 aromatic rings. The van der Waals surface area contributed by atoms with E-state index >= 15 is 0 Å². The number of rotatable bonds is 9. The van der Waals surface area contributed by atoms with Crippen molar-refractivity contribution in [2.24, 2.45) is 0 Å². The average Bonchev–Trinajstić information content (AvgIpc) is 4.14. The van der Waals surface area contributed by atoms with Gasteiger partial charge in [-0.05, 0) is 154 Å². The van der Waals surface area contributed by atoms with Gasteiger partial charge in [-0.1, -0.05) is 146 Å². The van der Waals surface area contributed by atoms with E-state index in [0.29, 0.717) is 5.82 Å². The summed E-state index contributed by atoms with van der Waals surface area (Å²) in [6.45, 7) is 0. The molecule has 0 fully saturated rings. The minimum Gasteiger partial charge on any atom is -0.317 e. The van der Waals surface area contributed by atoms with Crippen molar-refractivity contribution in [1.82, 2.24) is 19.1 Å². The van der Waals surface area contributed by atoms with Gasteiger partial charge < -0.3 is 14.0 Å². The van der Waals surface area contributed by atoms with E-state index in [4.69, 9.17) is 0 Å². The van der Waals surface area contributed by atoms with Crippen LogP contribution in [-0.4, -0.2) is 19.1 Å². The van der Waals surface area contributed by atoms with Crippen LogP contribution < -0.4 is 4.90 Å². The summed E-state index contributed by atoms with van der Waals surface area (Å²) >= 11 is 0. The Balaban J connectivity index is 0.930. The second kappa shape index (κ2) is 16.8. The van der Waals surface area contributed by atoms with Crippen molar-refractivity contribution in [1.29, 1.82) is 0 Å². The monoisotopic (exact) mass is 919 g/mol. The lowest BCUT2D eigenvalue weighted by atomic mass is 9.67. The molecular formula is C67H45N5. The zero-order valence-corrected chi connectivity index (χ0v) is 39.2. The first-order valence-corrected chi connectivity index (χ1v) is 24.5. The molecule has 3 heterocycles. The minimum atomic E-state index is -0.535. The van der Waals surface area contributed by atoms with Gasteiger partial charge in [0.25, 0.3) is 0 Å². The Bertz CT molecular complexity index is 4070. The Morgan fingerprint density at radius 3 is 1.58 bits per heavy atom. The van der Waals surface area contributed by atoms with Crippen molar-refractivity contribution in [3.05, 3.63) is 296 Å². The van der Waals surface area contributed by atoms with Gasteiger partial charge >= 0.3 is 0 Å². The molecule has 3 aromatic heterocycles. The lowest BCUT2D eigenvalue weighted by Crippen LogP contribution is -2.28. The Labute approximate surface area is 417 Å². The van der Waals surface area contributed by atoms with E-state index in [1.165, 1.54) is 66.1 Å². The number of nitrogens with zero attached hydrogens (tertiary/aromatic N) is 5. The summed E-state index contributed by atoms with van der Waals surface area (Å²) in [5.74, 6) is 0.698. The third-order valence-electron chi connectivity index (χ3n) is 14.8. The van der Waals surface area contributed by atoms with Gasteiger partial charge in [-0.25, -0.2) is 9.97 Å². The largest absolute Gasteiger partial charge is 0.317 e. The Morgan fingerprint density at radius 1 is 0.361 bits per heavy atom. The molecule has 0 aliphatic heterocycles. The maximum Gasteiger partial charge on any atom is 0.159 e. The summed E-state index contributed by atoms with van der Waals surface area (Å²) in [5.41, 5.74) is 19.2. The van der Waals surface area contributed by atoms with Gasteiger partial charge in [0.1, 0.15) is 0 Å². The van der Waals surface area contributed by atoms with Crippen molar-refractivity contribution in [3.63, 3.8) is 0 Å². The van der Waals surface area contributed by atoms with Crippen molar-refractivity contribution in [2.45, 2.75) is 5.41 Å². The van der Waals surface area contributed by atoms with E-state index in [9.17, 15) is 0 Å². The lowest BCUT2D eigenvalue weighted by molar-refractivity contribution is 0.768. The first kappa shape index (κ1) is 41.4. The molecule has 5 heteroatoms. The van der Waals surface area contributed by atoms with Crippen LogP contribution in [-0.2, 0) is 5.41 Å². The zero-order valence-electron chi connectivity index (χ0n) is 39.2. The van der Waals surface area contributed by atoms with Gasteiger partial charge in [0, 0.05) is 68.7 Å². The van der Waals surface area contributed by atoms with Crippen LogP contribution in [0.5, 0.6) is 0 Å². The van der Waals surface area contributed by atoms with Gasteiger partial charge in [0.15, 0.2) is 5.82 Å². The van der Waals surface area contributed by atoms with Crippen molar-refractivity contribution in [3.8, 4) is 45.0 Å². The molecule has 338 valence electrons. The topological polar surface area (TPSA) is 38.9 Å². The average molecular weight is 920 g/mol. The highest BCUT2D eigenvalue weighted by molar-refractivity contribution is 6.21. The van der Waals surface area contributed by atoms with Gasteiger partial charge in [-0.3, -0.25) is 0 Å². The van der Waals surface area contributed by atoms with Gasteiger partial charge in [-0.2, -0.15) is 0 Å². The van der Waals surface area contributed by atoms with Crippen LogP contribution >= 0.6 is 0 Å². The third kappa shape index (κ3) is 6.48. The quantitative estimate of drug-likeness (QED) is 0.145. The zero-order chi connectivity index (χ0) is 47.6. The number of aromatic nitrogens is 4. The second-order valence-corrected chi connectivity index (χ2v) is 18.6. The van der Waals surface area contributed by atoms with Gasteiger partial charge in [0.05, 0.1) is 22.0 Å². The third-order valence-corrected chi connectivity index (χ3v) is 14.8. The molecule has 5 nitrogen and oxygen atoms in total. The van der Waals surface area contributed by atoms with Crippen molar-refractivity contribution < 1.29 is 0 Å². The maximum absolute atomic E-state index is 4.56. The van der Waals surface area contributed by atoms with E-state index in [1.54, 1.807) is 12.4 Å². The minimum absolute atomic E-state index is 0.535. The predicted octanol–water partition coefficient (Wildman–Crippen LogP) is 16.7. The van der Waals surface area contributed by atoms with Crippen molar-refractivity contribution >= 4 is 49.8 Å². The van der Waals surface area contributed by atoms with E-state index in [2.05, 4.69) is 279 Å². The van der Waals surface area contributed by atoms with Crippen LogP contribution in [0.2, 0.25) is 0 Å². The van der Waals surface area contributed by atoms with Crippen LogP contribution in [0.3, 0.4) is 0 Å². The molecule has 0 spiro atoms. The number of hydrogen-bond acceptors (Lipinski definition) is 3. The molecule has 0 atom stereocenters. The summed E-state index contributed by atoms with van der Waals surface area (Å²) in [5, 5.41) is 3.69. The molecular weight excluding hydrogens is 875 g/mol. The van der Waals surface area contributed by atoms with Crippen molar-refractivity contribution in [2.75, 3.05) is 4.90 Å². The summed E-state index contributed by atoms with van der Waals surface area (Å²) in [7, 11) is 0. The summed E-state index contributed by atoms with van der Waals surface area (Å²) in [4.78, 5) is 11.5. The molecule has 72 heavy (non-hydrogen) atoms. The standard InChI is InChI=1S/C67H45N5/c1-5-16-49(17-6-1)67(50-18-7-2-8-19-50)60-25-14-13-24-56(60)57-36-35-55(45-61(57)67)71(54-33-28-47(29-34-54)66-68-41-15-42-69-66)53-31-26-46(27-32-53)48-30-37-63-59(44-48)65-58-40-43-70(51-20-9-3-10-21-51)62(58)38-39-64(65)72(63)52-22-11-4-12-23-52/h1-45H. The van der Waals surface area contributed by atoms with Crippen LogP contribution in [0.15, 0.2) is 273 Å². The smallest absolute Gasteiger partial charge is 0.159 e. The Kier molecular flexibility index (Phi) is 9.68. The summed E-state index contributed by atoms with van der Waals surface area (Å²) in [6.07, 6.45) is 5.78. The molecule has 0 bridgehead atoms. The summed E-state index contributed by atoms with van der Waals surface area (Å²) in [6, 6.07) is 92.7. The van der Waals surface area contributed by atoms with Crippen LogP contribution in [0.25, 0.3) is 77.7 Å². The van der Waals surface area contributed by atoms with Crippen LogP contribution in [0, 0.1) is 0 Å². The molecule has 0 amide bonds. The van der Waals surface area contributed by atoms with Crippen LogP contribution in [0.4, 0.5) is 17.1 Å². The normalized spacial score (nSPS) is 12.6.